The summed E-state index contributed by atoms with van der Waals surface area (Å²) in [7, 11) is 1.81. The smallest absolute Gasteiger partial charge is 0.226 e. The van der Waals surface area contributed by atoms with Crippen LogP contribution in [0.25, 0.3) is 0 Å². The van der Waals surface area contributed by atoms with Gasteiger partial charge in [-0.15, -0.1) is 0 Å². The highest BCUT2D eigenvalue weighted by Gasteiger charge is 2.29. The topological polar surface area (TPSA) is 42.3 Å². The van der Waals surface area contributed by atoms with Crippen molar-refractivity contribution in [1.82, 2.24) is 9.47 Å². The first kappa shape index (κ1) is 17.5. The number of benzene rings is 1. The molecule has 2 aromatic rings. The zero-order chi connectivity index (χ0) is 18.0. The van der Waals surface area contributed by atoms with Crippen molar-refractivity contribution in [2.75, 3.05) is 13.6 Å². The Hall–Kier alpha value is -2.36. The summed E-state index contributed by atoms with van der Waals surface area (Å²) in [4.78, 5) is 26.8. The molecule has 1 aliphatic rings. The van der Waals surface area contributed by atoms with Crippen LogP contribution in [0.1, 0.15) is 52.6 Å². The number of nitrogens with zero attached hydrogens (tertiary/aromatic N) is 2. The summed E-state index contributed by atoms with van der Waals surface area (Å²) in [5.74, 6) is 0.266. The average molecular weight is 338 g/mol. The lowest BCUT2D eigenvalue weighted by atomic mass is 9.92. The molecule has 0 N–H and O–H groups in total. The second-order valence-electron chi connectivity index (χ2n) is 6.82. The molecule has 4 heteroatoms. The van der Waals surface area contributed by atoms with Gasteiger partial charge in [0.15, 0.2) is 5.78 Å². The van der Waals surface area contributed by atoms with E-state index in [9.17, 15) is 9.59 Å². The normalized spacial score (nSPS) is 13.6. The highest BCUT2D eigenvalue weighted by molar-refractivity contribution is 6.01. The van der Waals surface area contributed by atoms with Crippen LogP contribution in [0.2, 0.25) is 0 Å². The lowest BCUT2D eigenvalue weighted by molar-refractivity contribution is -0.128. The van der Waals surface area contributed by atoms with Crippen LogP contribution in [0.3, 0.4) is 0 Å². The monoisotopic (exact) mass is 338 g/mol. The minimum Gasteiger partial charge on any atom is -0.346 e. The molecule has 25 heavy (non-hydrogen) atoms. The van der Waals surface area contributed by atoms with Gasteiger partial charge in [-0.1, -0.05) is 30.3 Å². The van der Waals surface area contributed by atoms with Crippen molar-refractivity contribution in [1.29, 1.82) is 0 Å². The van der Waals surface area contributed by atoms with Crippen LogP contribution in [-0.2, 0) is 24.2 Å². The van der Waals surface area contributed by atoms with Gasteiger partial charge in [-0.3, -0.25) is 9.59 Å². The van der Waals surface area contributed by atoms with E-state index in [1.54, 1.807) is 4.90 Å². The second kappa shape index (κ2) is 7.26. The first-order valence-electron chi connectivity index (χ1n) is 9.04. The fourth-order valence-corrected chi connectivity index (χ4v) is 3.64. The van der Waals surface area contributed by atoms with Gasteiger partial charge in [0.1, 0.15) is 0 Å². The Morgan fingerprint density at radius 2 is 1.92 bits per heavy atom. The van der Waals surface area contributed by atoms with Gasteiger partial charge >= 0.3 is 0 Å². The van der Waals surface area contributed by atoms with E-state index < -0.39 is 0 Å². The van der Waals surface area contributed by atoms with Gasteiger partial charge in [-0.05, 0) is 37.8 Å². The standard InChI is InChI=1S/C21H26N2O2/c1-4-22(3)20(25)13-17-15(2)23(14-16-9-6-5-7-10-16)18-11-8-12-19(24)21(17)18/h5-7,9-10H,4,8,11-14H2,1-3H3. The van der Waals surface area contributed by atoms with Crippen LogP contribution in [0.5, 0.6) is 0 Å². The van der Waals surface area contributed by atoms with Crippen LogP contribution < -0.4 is 0 Å². The average Bonchev–Trinajstić information content (AvgIpc) is 2.88. The molecular formula is C21H26N2O2. The van der Waals surface area contributed by atoms with E-state index in [1.807, 2.05) is 39.1 Å². The number of hydrogen-bond donors (Lipinski definition) is 0. The van der Waals surface area contributed by atoms with E-state index in [0.29, 0.717) is 19.4 Å². The van der Waals surface area contributed by atoms with Gasteiger partial charge in [-0.25, -0.2) is 0 Å². The maximum Gasteiger partial charge on any atom is 0.226 e. The van der Waals surface area contributed by atoms with Crippen molar-refractivity contribution in [2.24, 2.45) is 0 Å². The van der Waals surface area contributed by atoms with Gasteiger partial charge in [0.25, 0.3) is 0 Å². The third kappa shape index (κ3) is 3.39. The summed E-state index contributed by atoms with van der Waals surface area (Å²) in [6.45, 7) is 5.44. The van der Waals surface area contributed by atoms with Crippen molar-refractivity contribution in [3.8, 4) is 0 Å². The molecule has 0 fully saturated rings. The van der Waals surface area contributed by atoms with Crippen molar-refractivity contribution in [2.45, 2.75) is 46.1 Å². The predicted molar refractivity (Wildman–Crippen MR) is 99.0 cm³/mol. The predicted octanol–water partition coefficient (Wildman–Crippen LogP) is 3.38. The lowest BCUT2D eigenvalue weighted by Gasteiger charge is -2.16. The summed E-state index contributed by atoms with van der Waals surface area (Å²) in [5, 5.41) is 0. The first-order chi connectivity index (χ1) is 12.0. The van der Waals surface area contributed by atoms with Crippen LogP contribution in [0.15, 0.2) is 30.3 Å². The number of Topliss-reactive ketones (excluding diaryl/α,β-unsaturated/α-hetero) is 1. The van der Waals surface area contributed by atoms with E-state index in [-0.39, 0.29) is 11.7 Å². The van der Waals surface area contributed by atoms with Gasteiger partial charge in [0.05, 0.1) is 6.42 Å². The number of ketones is 1. The number of carbonyl (C=O) groups excluding carboxylic acids is 2. The first-order valence-corrected chi connectivity index (χ1v) is 9.04. The van der Waals surface area contributed by atoms with E-state index in [2.05, 4.69) is 16.7 Å². The Morgan fingerprint density at radius 3 is 2.60 bits per heavy atom. The third-order valence-electron chi connectivity index (χ3n) is 5.27. The summed E-state index contributed by atoms with van der Waals surface area (Å²) >= 11 is 0. The molecule has 4 nitrogen and oxygen atoms in total. The summed E-state index contributed by atoms with van der Waals surface area (Å²) in [5.41, 5.74) is 5.13. The molecule has 1 aromatic carbocycles. The van der Waals surface area contributed by atoms with Crippen LogP contribution >= 0.6 is 0 Å². The molecule has 0 aliphatic heterocycles. The molecule has 0 saturated carbocycles. The van der Waals surface area contributed by atoms with E-state index in [0.717, 1.165) is 41.9 Å². The number of fused-ring (bicyclic) bond motifs is 1. The maximum atomic E-state index is 12.6. The molecule has 0 unspecified atom stereocenters. The van der Waals surface area contributed by atoms with E-state index in [4.69, 9.17) is 0 Å². The van der Waals surface area contributed by atoms with Crippen molar-refractivity contribution in [3.05, 3.63) is 58.4 Å². The third-order valence-corrected chi connectivity index (χ3v) is 5.27. The highest BCUT2D eigenvalue weighted by Crippen LogP contribution is 2.31. The molecule has 0 spiro atoms. The highest BCUT2D eigenvalue weighted by atomic mass is 16.2. The van der Waals surface area contributed by atoms with Gasteiger partial charge in [-0.2, -0.15) is 0 Å². The van der Waals surface area contributed by atoms with Crippen molar-refractivity contribution in [3.63, 3.8) is 0 Å². The van der Waals surface area contributed by atoms with Crippen LogP contribution in [0.4, 0.5) is 0 Å². The molecule has 1 aromatic heterocycles. The fourth-order valence-electron chi connectivity index (χ4n) is 3.64. The Balaban J connectivity index is 2.03. The Morgan fingerprint density at radius 1 is 1.20 bits per heavy atom. The molecule has 0 bridgehead atoms. The molecule has 0 saturated heterocycles. The molecule has 3 rings (SSSR count). The van der Waals surface area contributed by atoms with Gasteiger partial charge in [0.2, 0.25) is 5.91 Å². The second-order valence-corrected chi connectivity index (χ2v) is 6.82. The summed E-state index contributed by atoms with van der Waals surface area (Å²) in [6, 6.07) is 10.3. The Kier molecular flexibility index (Phi) is 5.07. The molecular weight excluding hydrogens is 312 g/mol. The largest absolute Gasteiger partial charge is 0.346 e. The van der Waals surface area contributed by atoms with Crippen molar-refractivity contribution < 1.29 is 9.59 Å². The number of carbonyl (C=O) groups is 2. The minimum absolute atomic E-state index is 0.0728. The SMILES string of the molecule is CCN(C)C(=O)Cc1c2c(n(Cc3ccccc3)c1C)CCCC2=O. The minimum atomic E-state index is 0.0728. The van der Waals surface area contributed by atoms with Crippen LogP contribution in [0, 0.1) is 6.92 Å². The van der Waals surface area contributed by atoms with Crippen molar-refractivity contribution >= 4 is 11.7 Å². The summed E-state index contributed by atoms with van der Waals surface area (Å²) < 4.78 is 2.25. The fraction of sp³-hybridized carbons (Fsp3) is 0.429. The number of rotatable bonds is 5. The quantitative estimate of drug-likeness (QED) is 0.839. The number of amides is 1. The molecule has 0 radical (unpaired) electrons. The lowest BCUT2D eigenvalue weighted by Crippen LogP contribution is -2.28. The van der Waals surface area contributed by atoms with Gasteiger partial charge in [0, 0.05) is 43.5 Å². The van der Waals surface area contributed by atoms with E-state index in [1.165, 1.54) is 5.56 Å². The molecule has 132 valence electrons. The van der Waals surface area contributed by atoms with Crippen LogP contribution in [-0.4, -0.2) is 34.7 Å². The van der Waals surface area contributed by atoms with E-state index >= 15 is 0 Å². The maximum absolute atomic E-state index is 12.6. The molecule has 1 amide bonds. The summed E-state index contributed by atoms with van der Waals surface area (Å²) in [6.07, 6.45) is 2.71. The number of hydrogen-bond acceptors (Lipinski definition) is 2. The number of aromatic nitrogens is 1. The molecule has 0 atom stereocenters. The Bertz CT molecular complexity index is 790. The Labute approximate surface area is 149 Å². The number of likely N-dealkylation sites (N-methyl/N-ethyl adjacent to an activating group) is 1. The van der Waals surface area contributed by atoms with Gasteiger partial charge < -0.3 is 9.47 Å². The molecule has 1 aliphatic carbocycles. The molecule has 1 heterocycles. The zero-order valence-corrected chi connectivity index (χ0v) is 15.3. The zero-order valence-electron chi connectivity index (χ0n) is 15.3.